The summed E-state index contributed by atoms with van der Waals surface area (Å²) in [6, 6.07) is 8.86. The average molecular weight is 493 g/mol. The van der Waals surface area contributed by atoms with E-state index in [1.807, 2.05) is 19.1 Å². The van der Waals surface area contributed by atoms with Gasteiger partial charge >= 0.3 is 0 Å². The van der Waals surface area contributed by atoms with E-state index in [0.717, 1.165) is 36.8 Å². The highest BCUT2D eigenvalue weighted by Gasteiger charge is 2.27. The number of aromatic amines is 1. The number of hydrogen-bond donors (Lipinski definition) is 2. The fourth-order valence-electron chi connectivity index (χ4n) is 4.98. The molecule has 0 radical (unpaired) electrons. The van der Waals surface area contributed by atoms with Gasteiger partial charge in [0.25, 0.3) is 5.56 Å². The Morgan fingerprint density at radius 1 is 1.17 bits per heavy atom. The van der Waals surface area contributed by atoms with E-state index in [1.165, 1.54) is 0 Å². The summed E-state index contributed by atoms with van der Waals surface area (Å²) >= 11 is 0. The van der Waals surface area contributed by atoms with Crippen molar-refractivity contribution in [3.63, 3.8) is 0 Å². The first-order valence-corrected chi connectivity index (χ1v) is 13.5. The first kappa shape index (κ1) is 23.3. The van der Waals surface area contributed by atoms with Crippen LogP contribution in [0.3, 0.4) is 0 Å². The second-order valence-electron chi connectivity index (χ2n) is 9.29. The zero-order valence-corrected chi connectivity index (χ0v) is 20.6. The molecule has 2 N–H and O–H groups in total. The number of sulfone groups is 1. The molecule has 0 aliphatic heterocycles. The zero-order valence-electron chi connectivity index (χ0n) is 19.8. The number of nitrogens with zero attached hydrogens (tertiary/aromatic N) is 2. The monoisotopic (exact) mass is 492 g/mol. The van der Waals surface area contributed by atoms with E-state index >= 15 is 0 Å². The highest BCUT2D eigenvalue weighted by molar-refractivity contribution is 7.91. The van der Waals surface area contributed by atoms with Gasteiger partial charge in [-0.2, -0.15) is 0 Å². The maximum absolute atomic E-state index is 13.7. The van der Waals surface area contributed by atoms with Crippen LogP contribution in [0.25, 0.3) is 22.0 Å². The molecule has 1 saturated carbocycles. The maximum atomic E-state index is 13.7. The second-order valence-corrected chi connectivity index (χ2v) is 11.3. The van der Waals surface area contributed by atoms with Gasteiger partial charge in [-0.05, 0) is 68.0 Å². The number of benzene rings is 1. The number of H-pyrrole nitrogens is 1. The van der Waals surface area contributed by atoms with Crippen LogP contribution in [0.4, 0.5) is 5.69 Å². The third-order valence-corrected chi connectivity index (χ3v) is 8.63. The highest BCUT2D eigenvalue weighted by Crippen LogP contribution is 2.36. The van der Waals surface area contributed by atoms with Crippen LogP contribution in [0.15, 0.2) is 56.9 Å². The van der Waals surface area contributed by atoms with Crippen LogP contribution in [0.1, 0.15) is 42.7 Å². The predicted molar refractivity (Wildman–Crippen MR) is 135 cm³/mol. The van der Waals surface area contributed by atoms with E-state index < -0.39 is 9.84 Å². The number of anilines is 1. The molecule has 0 bridgehead atoms. The highest BCUT2D eigenvalue weighted by atomic mass is 32.2. The van der Waals surface area contributed by atoms with Crippen molar-refractivity contribution in [2.75, 3.05) is 11.1 Å². The molecule has 5 rings (SSSR count). The lowest BCUT2D eigenvalue weighted by Gasteiger charge is -2.15. The summed E-state index contributed by atoms with van der Waals surface area (Å²) in [5, 5.41) is 7.64. The third kappa shape index (κ3) is 4.73. The third-order valence-electron chi connectivity index (χ3n) is 6.72. The predicted octanol–water partition coefficient (Wildman–Crippen LogP) is 4.77. The number of aryl methyl sites for hydroxylation is 2. The number of pyridine rings is 2. The molecule has 3 heterocycles. The van der Waals surface area contributed by atoms with Crippen molar-refractivity contribution in [1.29, 1.82) is 0 Å². The lowest BCUT2D eigenvalue weighted by atomic mass is 10.0. The van der Waals surface area contributed by atoms with Gasteiger partial charge in [-0.15, -0.1) is 0 Å². The Morgan fingerprint density at radius 3 is 2.66 bits per heavy atom. The molecule has 0 atom stereocenters. The van der Waals surface area contributed by atoms with Gasteiger partial charge in [0.1, 0.15) is 11.4 Å². The van der Waals surface area contributed by atoms with Gasteiger partial charge in [0, 0.05) is 29.9 Å². The Balaban J connectivity index is 1.64. The van der Waals surface area contributed by atoms with Crippen LogP contribution < -0.4 is 10.9 Å². The average Bonchev–Trinajstić information content (AvgIpc) is 3.46. The molecule has 1 aromatic carbocycles. The fourth-order valence-corrected chi connectivity index (χ4v) is 6.93. The van der Waals surface area contributed by atoms with Gasteiger partial charge in [-0.1, -0.05) is 24.1 Å². The molecule has 0 unspecified atom stereocenters. The Morgan fingerprint density at radius 2 is 1.97 bits per heavy atom. The van der Waals surface area contributed by atoms with Crippen LogP contribution in [0.5, 0.6) is 0 Å². The molecular formula is C26H28N4O4S. The summed E-state index contributed by atoms with van der Waals surface area (Å²) in [6.45, 7) is 4.00. The zero-order chi connectivity index (χ0) is 24.6. The fraction of sp³-hybridized carbons (Fsp3) is 0.346. The van der Waals surface area contributed by atoms with Crippen molar-refractivity contribution in [2.24, 2.45) is 5.92 Å². The van der Waals surface area contributed by atoms with Crippen LogP contribution in [-0.4, -0.2) is 29.3 Å². The SMILES string of the molecule is Cc1noc(C)c1-c1cc(S(=O)(=O)CC2CCCC2)c2cc(NCc3cccnc3)c(=O)[nH]c2c1. The summed E-state index contributed by atoms with van der Waals surface area (Å²) in [5.41, 5.74) is 3.42. The molecule has 1 aliphatic rings. The standard InChI is InChI=1S/C26H28N4O4S/c1-16-25(17(2)34-30-16)20-10-22-21(24(11-20)35(32,33)15-18-6-3-4-7-18)12-23(26(31)29-22)28-14-19-8-5-9-27-13-19/h5,8-13,18,28H,3-4,6-7,14-15H2,1-2H3,(H,29,31). The summed E-state index contributed by atoms with van der Waals surface area (Å²) in [5.74, 6) is 0.854. The molecule has 3 aromatic heterocycles. The van der Waals surface area contributed by atoms with E-state index in [-0.39, 0.29) is 22.1 Å². The van der Waals surface area contributed by atoms with Gasteiger partial charge in [0.15, 0.2) is 9.84 Å². The van der Waals surface area contributed by atoms with Crippen LogP contribution in [0, 0.1) is 19.8 Å². The molecule has 182 valence electrons. The maximum Gasteiger partial charge on any atom is 0.271 e. The number of nitrogens with one attached hydrogen (secondary N) is 2. The quantitative estimate of drug-likeness (QED) is 0.381. The van der Waals surface area contributed by atoms with Gasteiger partial charge in [-0.25, -0.2) is 8.42 Å². The first-order chi connectivity index (χ1) is 16.8. The van der Waals surface area contributed by atoms with Gasteiger partial charge in [-0.3, -0.25) is 9.78 Å². The van der Waals surface area contributed by atoms with Gasteiger partial charge in [0.2, 0.25) is 0 Å². The second kappa shape index (κ2) is 9.30. The van der Waals surface area contributed by atoms with Crippen molar-refractivity contribution in [1.82, 2.24) is 15.1 Å². The largest absolute Gasteiger partial charge is 0.376 e. The Bertz CT molecular complexity index is 1520. The summed E-state index contributed by atoms with van der Waals surface area (Å²) < 4.78 is 32.7. The normalized spacial score (nSPS) is 14.6. The molecule has 4 aromatic rings. The Kier molecular flexibility index (Phi) is 6.19. The van der Waals surface area contributed by atoms with Crippen molar-refractivity contribution in [2.45, 2.75) is 51.0 Å². The van der Waals surface area contributed by atoms with E-state index in [0.29, 0.717) is 40.2 Å². The number of rotatable bonds is 7. The molecule has 1 aliphatic carbocycles. The number of fused-ring (bicyclic) bond motifs is 1. The summed E-state index contributed by atoms with van der Waals surface area (Å²) in [6.07, 6.45) is 7.39. The molecule has 0 saturated heterocycles. The molecule has 0 amide bonds. The first-order valence-electron chi connectivity index (χ1n) is 11.8. The van der Waals surface area contributed by atoms with Crippen LogP contribution >= 0.6 is 0 Å². The summed E-state index contributed by atoms with van der Waals surface area (Å²) in [4.78, 5) is 20.1. The molecular weight excluding hydrogens is 464 g/mol. The van der Waals surface area contributed by atoms with E-state index in [1.54, 1.807) is 37.5 Å². The van der Waals surface area contributed by atoms with Crippen molar-refractivity contribution < 1.29 is 12.9 Å². The number of hydrogen-bond acceptors (Lipinski definition) is 7. The molecule has 8 nitrogen and oxygen atoms in total. The number of aromatic nitrogens is 3. The van der Waals surface area contributed by atoms with Crippen molar-refractivity contribution in [3.8, 4) is 11.1 Å². The van der Waals surface area contributed by atoms with Crippen LogP contribution in [0.2, 0.25) is 0 Å². The van der Waals surface area contributed by atoms with Crippen molar-refractivity contribution in [3.05, 3.63) is 70.1 Å². The van der Waals surface area contributed by atoms with Crippen molar-refractivity contribution >= 4 is 26.4 Å². The molecule has 1 fully saturated rings. The van der Waals surface area contributed by atoms with E-state index in [9.17, 15) is 13.2 Å². The lowest BCUT2D eigenvalue weighted by Crippen LogP contribution is -2.17. The van der Waals surface area contributed by atoms with Gasteiger partial charge < -0.3 is 14.8 Å². The molecule has 9 heteroatoms. The lowest BCUT2D eigenvalue weighted by molar-refractivity contribution is 0.393. The van der Waals surface area contributed by atoms with E-state index in [4.69, 9.17) is 4.52 Å². The minimum Gasteiger partial charge on any atom is -0.376 e. The minimum atomic E-state index is -3.62. The minimum absolute atomic E-state index is 0.102. The summed E-state index contributed by atoms with van der Waals surface area (Å²) in [7, 11) is -3.62. The molecule has 0 spiro atoms. The smallest absolute Gasteiger partial charge is 0.271 e. The Hall–Kier alpha value is -3.46. The molecule has 35 heavy (non-hydrogen) atoms. The van der Waals surface area contributed by atoms with Crippen LogP contribution in [-0.2, 0) is 16.4 Å². The topological polar surface area (TPSA) is 118 Å². The van der Waals surface area contributed by atoms with Gasteiger partial charge in [0.05, 0.1) is 21.9 Å². The van der Waals surface area contributed by atoms with E-state index in [2.05, 4.69) is 20.4 Å². The Labute approximate surface area is 203 Å².